The molecule has 1 aromatic carbocycles. The molecule has 146 valence electrons. The Morgan fingerprint density at radius 3 is 2.70 bits per heavy atom. The number of fused-ring (bicyclic) bond motifs is 1. The highest BCUT2D eigenvalue weighted by molar-refractivity contribution is 6.44. The summed E-state index contributed by atoms with van der Waals surface area (Å²) in [6, 6.07) is 3.00. The van der Waals surface area contributed by atoms with Crippen molar-refractivity contribution in [1.29, 1.82) is 0 Å². The monoisotopic (exact) mass is 393 g/mol. The summed E-state index contributed by atoms with van der Waals surface area (Å²) in [6.07, 6.45) is 3.52. The van der Waals surface area contributed by atoms with Crippen LogP contribution in [-0.2, 0) is 16.0 Å². The van der Waals surface area contributed by atoms with Crippen LogP contribution in [0, 0.1) is 5.92 Å². The minimum Gasteiger partial charge on any atom is -0.508 e. The summed E-state index contributed by atoms with van der Waals surface area (Å²) < 4.78 is 11.3. The Bertz CT molecular complexity index is 834. The molecule has 27 heavy (non-hydrogen) atoms. The Morgan fingerprint density at radius 2 is 2.07 bits per heavy atom. The average molecular weight is 394 g/mol. The fourth-order valence-electron chi connectivity index (χ4n) is 3.65. The van der Waals surface area contributed by atoms with Crippen LogP contribution in [0.2, 0.25) is 0 Å². The van der Waals surface area contributed by atoms with Crippen molar-refractivity contribution >= 4 is 23.3 Å². The van der Waals surface area contributed by atoms with Gasteiger partial charge in [-0.05, 0) is 30.9 Å². The second kappa shape index (κ2) is 7.08. The van der Waals surface area contributed by atoms with E-state index in [1.54, 1.807) is 0 Å². The van der Waals surface area contributed by atoms with Crippen LogP contribution in [-0.4, -0.2) is 41.6 Å². The quantitative estimate of drug-likeness (QED) is 0.799. The van der Waals surface area contributed by atoms with Crippen LogP contribution in [0.1, 0.15) is 49.0 Å². The molecular weight excluding hydrogens is 370 g/mol. The maximum absolute atomic E-state index is 13.2. The highest BCUT2D eigenvalue weighted by atomic mass is 35.5. The van der Waals surface area contributed by atoms with Crippen LogP contribution >= 0.6 is 11.6 Å². The van der Waals surface area contributed by atoms with Gasteiger partial charge in [-0.3, -0.25) is 14.5 Å². The van der Waals surface area contributed by atoms with E-state index in [1.165, 1.54) is 26.3 Å². The number of hydrogen-bond acceptors (Lipinski definition) is 5. The number of methoxy groups -OCH3 is 1. The molecule has 0 fully saturated rings. The van der Waals surface area contributed by atoms with E-state index < -0.39 is 17.4 Å². The van der Waals surface area contributed by atoms with Gasteiger partial charge in [0.1, 0.15) is 11.5 Å². The van der Waals surface area contributed by atoms with E-state index in [1.807, 2.05) is 0 Å². The second-order valence-electron chi connectivity index (χ2n) is 7.13. The Morgan fingerprint density at radius 1 is 1.37 bits per heavy atom. The summed E-state index contributed by atoms with van der Waals surface area (Å²) in [4.78, 5) is 26.7. The maximum Gasteiger partial charge on any atom is 0.309 e. The lowest BCUT2D eigenvalue weighted by molar-refractivity contribution is -0.133. The van der Waals surface area contributed by atoms with Crippen LogP contribution in [0.5, 0.6) is 11.5 Å². The molecule has 2 heterocycles. The zero-order chi connectivity index (χ0) is 19.9. The number of carbonyl (C=O) groups is 2. The van der Waals surface area contributed by atoms with E-state index in [9.17, 15) is 14.7 Å². The SMILES string of the molecule is CC[C@H](C)CCCc1c(O)ccc2c1O[C@]1(C2=O)C(OC)=C(Cl)C(=O)N1C. The first-order valence-corrected chi connectivity index (χ1v) is 9.48. The van der Waals surface area contributed by atoms with Crippen molar-refractivity contribution in [1.82, 2.24) is 4.90 Å². The van der Waals surface area contributed by atoms with Gasteiger partial charge in [0.2, 0.25) is 5.78 Å². The Kier molecular flexibility index (Phi) is 5.12. The number of rotatable bonds is 6. The molecule has 1 spiro atoms. The molecule has 0 unspecified atom stereocenters. The Balaban J connectivity index is 2.00. The molecule has 7 heteroatoms. The Hall–Kier alpha value is -2.21. The molecule has 1 amide bonds. The second-order valence-corrected chi connectivity index (χ2v) is 7.51. The summed E-state index contributed by atoms with van der Waals surface area (Å²) in [5.41, 5.74) is -0.864. The molecule has 0 aromatic heterocycles. The number of ketones is 1. The van der Waals surface area contributed by atoms with Gasteiger partial charge in [0.25, 0.3) is 5.91 Å². The summed E-state index contributed by atoms with van der Waals surface area (Å²) >= 11 is 6.09. The van der Waals surface area contributed by atoms with Crippen LogP contribution in [0.25, 0.3) is 0 Å². The van der Waals surface area contributed by atoms with Crippen LogP contribution in [0.4, 0.5) is 0 Å². The first-order chi connectivity index (χ1) is 12.8. The maximum atomic E-state index is 13.2. The molecule has 2 aliphatic rings. The number of amides is 1. The minimum atomic E-state index is -1.75. The topological polar surface area (TPSA) is 76.1 Å². The van der Waals surface area contributed by atoms with Crippen LogP contribution in [0.3, 0.4) is 0 Å². The number of phenolic OH excluding ortho intramolecular Hbond substituents is 1. The van der Waals surface area contributed by atoms with Gasteiger partial charge in [0.05, 0.1) is 12.7 Å². The number of ether oxygens (including phenoxy) is 2. The van der Waals surface area contributed by atoms with Gasteiger partial charge in [-0.1, -0.05) is 38.3 Å². The van der Waals surface area contributed by atoms with E-state index in [4.69, 9.17) is 21.1 Å². The molecule has 0 saturated carbocycles. The van der Waals surface area contributed by atoms with Gasteiger partial charge < -0.3 is 14.6 Å². The smallest absolute Gasteiger partial charge is 0.309 e. The number of benzene rings is 1. The number of hydrogen-bond donors (Lipinski definition) is 1. The molecule has 0 radical (unpaired) electrons. The van der Waals surface area contributed by atoms with E-state index in [0.717, 1.165) is 24.2 Å². The molecule has 0 aliphatic carbocycles. The van der Waals surface area contributed by atoms with E-state index in [2.05, 4.69) is 13.8 Å². The Labute approximate surface area is 163 Å². The van der Waals surface area contributed by atoms with Crippen molar-refractivity contribution in [3.05, 3.63) is 34.1 Å². The highest BCUT2D eigenvalue weighted by Gasteiger charge is 2.63. The number of halogens is 1. The lowest BCUT2D eigenvalue weighted by Gasteiger charge is -2.31. The number of aromatic hydroxyl groups is 1. The van der Waals surface area contributed by atoms with E-state index in [-0.39, 0.29) is 16.5 Å². The summed E-state index contributed by atoms with van der Waals surface area (Å²) in [6.45, 7) is 4.32. The predicted octanol–water partition coefficient (Wildman–Crippen LogP) is 3.60. The number of Topliss-reactive ketones (excluding diaryl/α,β-unsaturated/α-hetero) is 1. The molecule has 0 bridgehead atoms. The third-order valence-corrected chi connectivity index (χ3v) is 5.87. The fourth-order valence-corrected chi connectivity index (χ4v) is 3.98. The molecule has 2 aliphatic heterocycles. The zero-order valence-electron chi connectivity index (χ0n) is 16.0. The highest BCUT2D eigenvalue weighted by Crippen LogP contribution is 2.49. The first-order valence-electron chi connectivity index (χ1n) is 9.10. The van der Waals surface area contributed by atoms with Crippen molar-refractivity contribution in [2.75, 3.05) is 14.2 Å². The lowest BCUT2D eigenvalue weighted by atomic mass is 9.95. The normalized spacial score (nSPS) is 22.5. The van der Waals surface area contributed by atoms with Gasteiger partial charge in [-0.15, -0.1) is 0 Å². The molecular formula is C20H24ClNO5. The predicted molar refractivity (Wildman–Crippen MR) is 101 cm³/mol. The van der Waals surface area contributed by atoms with Gasteiger partial charge in [0, 0.05) is 12.6 Å². The lowest BCUT2D eigenvalue weighted by Crippen LogP contribution is -2.54. The van der Waals surface area contributed by atoms with Crippen molar-refractivity contribution in [2.45, 2.75) is 45.3 Å². The van der Waals surface area contributed by atoms with Gasteiger partial charge in [-0.25, -0.2) is 0 Å². The number of nitrogens with zero attached hydrogens (tertiary/aromatic N) is 1. The van der Waals surface area contributed by atoms with E-state index in [0.29, 0.717) is 29.2 Å². The average Bonchev–Trinajstić information content (AvgIpc) is 3.04. The van der Waals surface area contributed by atoms with Crippen molar-refractivity contribution in [3.8, 4) is 11.5 Å². The molecule has 6 nitrogen and oxygen atoms in total. The first kappa shape index (κ1) is 19.5. The molecule has 1 aromatic rings. The van der Waals surface area contributed by atoms with E-state index >= 15 is 0 Å². The minimum absolute atomic E-state index is 0.0251. The largest absolute Gasteiger partial charge is 0.508 e. The summed E-state index contributed by atoms with van der Waals surface area (Å²) in [5, 5.41) is 10.2. The fraction of sp³-hybridized carbons (Fsp3) is 0.500. The molecule has 0 saturated heterocycles. The van der Waals surface area contributed by atoms with Gasteiger partial charge in [0.15, 0.2) is 10.8 Å². The van der Waals surface area contributed by atoms with Gasteiger partial charge in [-0.2, -0.15) is 0 Å². The number of likely N-dealkylation sites (N-methyl/N-ethyl adjacent to an activating group) is 1. The van der Waals surface area contributed by atoms with Crippen molar-refractivity contribution < 1.29 is 24.2 Å². The standard InChI is InChI=1S/C20H24ClNO5/c1-5-11(2)7-6-8-12-14(23)10-9-13-16(12)27-20(17(13)24)18(26-4)15(21)19(25)22(20)3/h9-11,23H,5-8H2,1-4H3/t11-,20+/m0/s1. The molecule has 3 rings (SSSR count). The summed E-state index contributed by atoms with van der Waals surface area (Å²) in [5.74, 6) is -0.0455. The molecule has 1 N–H and O–H groups in total. The number of carbonyl (C=O) groups excluding carboxylic acids is 2. The third kappa shape index (κ3) is 2.78. The molecule has 2 atom stereocenters. The van der Waals surface area contributed by atoms with Crippen LogP contribution < -0.4 is 4.74 Å². The third-order valence-electron chi connectivity index (χ3n) is 5.53. The number of phenols is 1. The van der Waals surface area contributed by atoms with Gasteiger partial charge >= 0.3 is 5.72 Å². The van der Waals surface area contributed by atoms with Crippen molar-refractivity contribution in [2.24, 2.45) is 5.92 Å². The zero-order valence-corrected chi connectivity index (χ0v) is 16.7. The summed E-state index contributed by atoms with van der Waals surface area (Å²) in [7, 11) is 2.79. The van der Waals surface area contributed by atoms with Crippen LogP contribution in [0.15, 0.2) is 22.9 Å². The van der Waals surface area contributed by atoms with Crippen molar-refractivity contribution in [3.63, 3.8) is 0 Å².